The predicted molar refractivity (Wildman–Crippen MR) is 62.0 cm³/mol. The minimum atomic E-state index is -0.240. The van der Waals surface area contributed by atoms with Gasteiger partial charge in [0.15, 0.2) is 0 Å². The summed E-state index contributed by atoms with van der Waals surface area (Å²) in [5.41, 5.74) is 8.08. The smallest absolute Gasteiger partial charge is 0.323 e. The van der Waals surface area contributed by atoms with Crippen molar-refractivity contribution in [3.8, 4) is 0 Å². The normalized spacial score (nSPS) is 11.6. The molecule has 0 aromatic heterocycles. The molecule has 0 rings (SSSR count). The largest absolute Gasteiger partial charge is 0.465 e. The molecule has 0 fully saturated rings. The molecule has 1 N–H and O–H groups in total. The highest BCUT2D eigenvalue weighted by atomic mass is 16.5. The molecule has 1 unspecified atom stereocenters. The molecule has 0 bridgehead atoms. The van der Waals surface area contributed by atoms with Crippen LogP contribution in [0, 0.1) is 0 Å². The summed E-state index contributed by atoms with van der Waals surface area (Å²) >= 11 is 0. The maximum absolute atomic E-state index is 11.5. The Balaban J connectivity index is 3.83. The Bertz CT molecular complexity index is 239. The summed E-state index contributed by atoms with van der Waals surface area (Å²) in [6.07, 6.45) is 2.41. The van der Waals surface area contributed by atoms with Gasteiger partial charge in [-0.3, -0.25) is 4.79 Å². The second-order valence-corrected chi connectivity index (χ2v) is 3.36. The van der Waals surface area contributed by atoms with Crippen molar-refractivity contribution in [3.05, 3.63) is 10.4 Å². The number of hydrogen-bond acceptors (Lipinski definition) is 4. The number of esters is 1. The molecule has 92 valence electrons. The van der Waals surface area contributed by atoms with E-state index in [1.54, 1.807) is 6.92 Å². The lowest BCUT2D eigenvalue weighted by Gasteiger charge is -2.15. The molecule has 0 saturated heterocycles. The van der Waals surface area contributed by atoms with Gasteiger partial charge in [-0.25, -0.2) is 0 Å². The highest BCUT2D eigenvalue weighted by Crippen LogP contribution is 1.99. The van der Waals surface area contributed by atoms with Gasteiger partial charge in [-0.15, -0.1) is 0 Å². The Kier molecular flexibility index (Phi) is 9.46. The van der Waals surface area contributed by atoms with Gasteiger partial charge in [0, 0.05) is 11.5 Å². The number of ether oxygens (including phenoxy) is 1. The Morgan fingerprint density at radius 1 is 1.56 bits per heavy atom. The van der Waals surface area contributed by atoms with E-state index < -0.39 is 0 Å². The van der Waals surface area contributed by atoms with Crippen LogP contribution in [0.15, 0.2) is 5.11 Å². The van der Waals surface area contributed by atoms with Crippen LogP contribution in [0.5, 0.6) is 0 Å². The van der Waals surface area contributed by atoms with Crippen molar-refractivity contribution in [1.29, 1.82) is 0 Å². The van der Waals surface area contributed by atoms with Crippen LogP contribution in [-0.4, -0.2) is 31.7 Å². The van der Waals surface area contributed by atoms with E-state index in [-0.39, 0.29) is 12.0 Å². The molecule has 0 aromatic rings. The molecule has 0 aromatic carbocycles. The fourth-order valence-electron chi connectivity index (χ4n) is 1.31. The van der Waals surface area contributed by atoms with Gasteiger partial charge in [0.1, 0.15) is 6.04 Å². The molecular formula is C10H20N4O2. The van der Waals surface area contributed by atoms with Crippen LogP contribution in [0.25, 0.3) is 10.4 Å². The van der Waals surface area contributed by atoms with Crippen molar-refractivity contribution in [3.63, 3.8) is 0 Å². The maximum atomic E-state index is 11.5. The summed E-state index contributed by atoms with van der Waals surface area (Å²) in [7, 11) is 0. The molecule has 1 atom stereocenters. The van der Waals surface area contributed by atoms with E-state index in [0.717, 1.165) is 19.3 Å². The number of azide groups is 1. The number of rotatable bonds is 9. The van der Waals surface area contributed by atoms with Crippen LogP contribution in [0.2, 0.25) is 0 Å². The zero-order valence-electron chi connectivity index (χ0n) is 9.98. The van der Waals surface area contributed by atoms with E-state index in [4.69, 9.17) is 10.3 Å². The SMILES string of the molecule is CCCC(NCCCN=[N+]=[N-])C(=O)OCC. The van der Waals surface area contributed by atoms with Crippen LogP contribution in [0.4, 0.5) is 0 Å². The summed E-state index contributed by atoms with van der Waals surface area (Å²) in [5, 5.41) is 6.53. The summed E-state index contributed by atoms with van der Waals surface area (Å²) in [6, 6.07) is -0.240. The van der Waals surface area contributed by atoms with Crippen molar-refractivity contribution in [2.45, 2.75) is 39.2 Å². The lowest BCUT2D eigenvalue weighted by molar-refractivity contribution is -0.145. The molecule has 0 amide bonds. The third-order valence-electron chi connectivity index (χ3n) is 2.04. The van der Waals surface area contributed by atoms with Gasteiger partial charge >= 0.3 is 5.97 Å². The minimum absolute atomic E-state index is 0.201. The zero-order chi connectivity index (χ0) is 12.2. The Morgan fingerprint density at radius 3 is 2.88 bits per heavy atom. The lowest BCUT2D eigenvalue weighted by atomic mass is 10.1. The average molecular weight is 228 g/mol. The first-order valence-electron chi connectivity index (χ1n) is 5.67. The second-order valence-electron chi connectivity index (χ2n) is 3.36. The highest BCUT2D eigenvalue weighted by molar-refractivity contribution is 5.75. The van der Waals surface area contributed by atoms with E-state index in [1.807, 2.05) is 6.92 Å². The van der Waals surface area contributed by atoms with E-state index in [9.17, 15) is 4.79 Å². The van der Waals surface area contributed by atoms with Crippen molar-refractivity contribution in [1.82, 2.24) is 5.32 Å². The van der Waals surface area contributed by atoms with Crippen LogP contribution in [-0.2, 0) is 9.53 Å². The highest BCUT2D eigenvalue weighted by Gasteiger charge is 2.17. The molecule has 0 aliphatic carbocycles. The lowest BCUT2D eigenvalue weighted by Crippen LogP contribution is -2.38. The number of hydrogen-bond donors (Lipinski definition) is 1. The van der Waals surface area contributed by atoms with Gasteiger partial charge in [0.2, 0.25) is 0 Å². The van der Waals surface area contributed by atoms with Crippen molar-refractivity contribution in [2.75, 3.05) is 19.7 Å². The fourth-order valence-corrected chi connectivity index (χ4v) is 1.31. The summed E-state index contributed by atoms with van der Waals surface area (Å²) in [5.74, 6) is -0.201. The summed E-state index contributed by atoms with van der Waals surface area (Å²) < 4.78 is 4.95. The first-order chi connectivity index (χ1) is 7.76. The zero-order valence-corrected chi connectivity index (χ0v) is 9.98. The molecular weight excluding hydrogens is 208 g/mol. The molecule has 0 heterocycles. The molecule has 0 saturated carbocycles. The van der Waals surface area contributed by atoms with Crippen molar-refractivity contribution >= 4 is 5.97 Å². The van der Waals surface area contributed by atoms with Gasteiger partial charge in [-0.1, -0.05) is 18.5 Å². The van der Waals surface area contributed by atoms with Crippen molar-refractivity contribution < 1.29 is 9.53 Å². The predicted octanol–water partition coefficient (Wildman–Crippen LogP) is 2.01. The van der Waals surface area contributed by atoms with E-state index in [0.29, 0.717) is 19.7 Å². The minimum Gasteiger partial charge on any atom is -0.465 e. The van der Waals surface area contributed by atoms with Gasteiger partial charge in [0.25, 0.3) is 0 Å². The van der Waals surface area contributed by atoms with Crippen LogP contribution >= 0.6 is 0 Å². The first-order valence-corrected chi connectivity index (χ1v) is 5.67. The van der Waals surface area contributed by atoms with Gasteiger partial charge in [0.05, 0.1) is 6.61 Å². The second kappa shape index (κ2) is 10.3. The Hall–Kier alpha value is -1.26. The Morgan fingerprint density at radius 2 is 2.31 bits per heavy atom. The van der Waals surface area contributed by atoms with E-state index >= 15 is 0 Å². The van der Waals surface area contributed by atoms with E-state index in [2.05, 4.69) is 15.3 Å². The van der Waals surface area contributed by atoms with Crippen LogP contribution < -0.4 is 5.32 Å². The number of nitrogens with one attached hydrogen (secondary N) is 1. The monoisotopic (exact) mass is 228 g/mol. The first kappa shape index (κ1) is 14.7. The number of nitrogens with zero attached hydrogens (tertiary/aromatic N) is 3. The maximum Gasteiger partial charge on any atom is 0.323 e. The fraction of sp³-hybridized carbons (Fsp3) is 0.900. The average Bonchev–Trinajstić information content (AvgIpc) is 2.27. The van der Waals surface area contributed by atoms with Gasteiger partial charge in [-0.2, -0.15) is 0 Å². The number of carbonyl (C=O) groups is 1. The Labute approximate surface area is 96.0 Å². The topological polar surface area (TPSA) is 87.1 Å². The van der Waals surface area contributed by atoms with E-state index in [1.165, 1.54) is 0 Å². The summed E-state index contributed by atoms with van der Waals surface area (Å²) in [6.45, 7) is 5.32. The third kappa shape index (κ3) is 7.09. The molecule has 0 radical (unpaired) electrons. The third-order valence-corrected chi connectivity index (χ3v) is 2.04. The molecule has 6 nitrogen and oxygen atoms in total. The quantitative estimate of drug-likeness (QED) is 0.215. The molecule has 0 aliphatic rings. The summed E-state index contributed by atoms with van der Waals surface area (Å²) in [4.78, 5) is 14.1. The number of carbonyl (C=O) groups excluding carboxylic acids is 1. The molecule has 0 aliphatic heterocycles. The van der Waals surface area contributed by atoms with Crippen LogP contribution in [0.3, 0.4) is 0 Å². The van der Waals surface area contributed by atoms with Gasteiger partial charge < -0.3 is 10.1 Å². The molecule has 6 heteroatoms. The van der Waals surface area contributed by atoms with Gasteiger partial charge in [-0.05, 0) is 31.8 Å². The van der Waals surface area contributed by atoms with Crippen LogP contribution in [0.1, 0.15) is 33.1 Å². The standard InChI is InChI=1S/C10H20N4O2/c1-3-6-9(10(15)16-4-2)12-7-5-8-13-14-11/h9,12H,3-8H2,1-2H3. The van der Waals surface area contributed by atoms with Crippen molar-refractivity contribution in [2.24, 2.45) is 5.11 Å². The molecule has 16 heavy (non-hydrogen) atoms. The molecule has 0 spiro atoms.